The molecule has 0 heteroatoms. The van der Waals surface area contributed by atoms with E-state index in [9.17, 15) is 0 Å². The van der Waals surface area contributed by atoms with Gasteiger partial charge in [-0.2, -0.15) is 0 Å². The van der Waals surface area contributed by atoms with Crippen LogP contribution in [0.1, 0.15) is 116 Å². The molecule has 0 saturated heterocycles. The molecule has 0 atom stereocenters. The van der Waals surface area contributed by atoms with Crippen LogP contribution in [0.25, 0.3) is 0 Å². The molecular formula is C21H40. The van der Waals surface area contributed by atoms with Crippen molar-refractivity contribution in [2.75, 3.05) is 0 Å². The lowest BCUT2D eigenvalue weighted by Gasteiger charge is -2.32. The van der Waals surface area contributed by atoms with Crippen molar-refractivity contribution in [1.82, 2.24) is 0 Å². The Morgan fingerprint density at radius 3 is 1.86 bits per heavy atom. The van der Waals surface area contributed by atoms with Gasteiger partial charge in [0.05, 0.1) is 0 Å². The Hall–Kier alpha value is 0. The summed E-state index contributed by atoms with van der Waals surface area (Å²) in [4.78, 5) is 0. The van der Waals surface area contributed by atoms with Crippen molar-refractivity contribution >= 4 is 0 Å². The first-order chi connectivity index (χ1) is 10.4. The molecule has 0 bridgehead atoms. The summed E-state index contributed by atoms with van der Waals surface area (Å²) in [7, 11) is 0. The molecule has 2 rings (SSSR count). The molecule has 21 heavy (non-hydrogen) atoms. The maximum atomic E-state index is 2.31. The zero-order valence-electron chi connectivity index (χ0n) is 14.8. The lowest BCUT2D eigenvalue weighted by molar-refractivity contribution is 0.204. The average molecular weight is 293 g/mol. The predicted octanol–water partition coefficient (Wildman–Crippen LogP) is 7.51. The Kier molecular flexibility index (Phi) is 8.83. The van der Waals surface area contributed by atoms with Crippen molar-refractivity contribution in [3.8, 4) is 0 Å². The van der Waals surface area contributed by atoms with Gasteiger partial charge >= 0.3 is 0 Å². The summed E-state index contributed by atoms with van der Waals surface area (Å²) < 4.78 is 0. The summed E-state index contributed by atoms with van der Waals surface area (Å²) >= 11 is 0. The minimum Gasteiger partial charge on any atom is -0.0654 e. The number of hydrogen-bond acceptors (Lipinski definition) is 0. The molecule has 0 unspecified atom stereocenters. The summed E-state index contributed by atoms with van der Waals surface area (Å²) in [6.45, 7) is 2.31. The molecular weight excluding hydrogens is 252 g/mol. The maximum Gasteiger partial charge on any atom is -0.0411 e. The van der Waals surface area contributed by atoms with Gasteiger partial charge < -0.3 is 0 Å². The van der Waals surface area contributed by atoms with Gasteiger partial charge in [0.25, 0.3) is 0 Å². The minimum absolute atomic E-state index is 1.10. The lowest BCUT2D eigenvalue weighted by Crippen LogP contribution is -2.18. The molecule has 0 aromatic rings. The Morgan fingerprint density at radius 2 is 1.14 bits per heavy atom. The van der Waals surface area contributed by atoms with Crippen molar-refractivity contribution in [1.29, 1.82) is 0 Å². The van der Waals surface area contributed by atoms with Crippen molar-refractivity contribution < 1.29 is 0 Å². The van der Waals surface area contributed by atoms with Crippen LogP contribution in [0.3, 0.4) is 0 Å². The van der Waals surface area contributed by atoms with E-state index in [0.717, 1.165) is 17.8 Å². The zero-order valence-corrected chi connectivity index (χ0v) is 14.8. The standard InChI is InChI=1S/C21H40/c1-2-3-4-5-6-8-11-19-14-16-21(17-15-19)18-20-12-9-7-10-13-20/h19-21H,2-18H2,1H3. The summed E-state index contributed by atoms with van der Waals surface area (Å²) in [6.07, 6.45) is 25.9. The van der Waals surface area contributed by atoms with Gasteiger partial charge in [0, 0.05) is 0 Å². The van der Waals surface area contributed by atoms with Crippen LogP contribution in [0.2, 0.25) is 0 Å². The van der Waals surface area contributed by atoms with E-state index in [1.807, 2.05) is 0 Å². The smallest absolute Gasteiger partial charge is 0.0411 e. The van der Waals surface area contributed by atoms with Gasteiger partial charge in [0.15, 0.2) is 0 Å². The van der Waals surface area contributed by atoms with E-state index in [-0.39, 0.29) is 0 Å². The highest BCUT2D eigenvalue weighted by atomic mass is 14.3. The maximum absolute atomic E-state index is 2.31. The van der Waals surface area contributed by atoms with Crippen LogP contribution >= 0.6 is 0 Å². The molecule has 0 heterocycles. The van der Waals surface area contributed by atoms with Gasteiger partial charge in [-0.3, -0.25) is 0 Å². The Balaban J connectivity index is 1.48. The molecule has 2 aliphatic rings. The number of hydrogen-bond donors (Lipinski definition) is 0. The number of rotatable bonds is 9. The van der Waals surface area contributed by atoms with Crippen LogP contribution in [0, 0.1) is 17.8 Å². The third-order valence-electron chi connectivity index (χ3n) is 6.32. The molecule has 2 aliphatic carbocycles. The van der Waals surface area contributed by atoms with E-state index >= 15 is 0 Å². The Morgan fingerprint density at radius 1 is 0.571 bits per heavy atom. The van der Waals surface area contributed by atoms with E-state index in [1.165, 1.54) is 57.8 Å². The van der Waals surface area contributed by atoms with Crippen LogP contribution in [-0.2, 0) is 0 Å². The van der Waals surface area contributed by atoms with Crippen LogP contribution in [0.15, 0.2) is 0 Å². The van der Waals surface area contributed by atoms with Crippen molar-refractivity contribution in [3.05, 3.63) is 0 Å². The van der Waals surface area contributed by atoms with Crippen molar-refractivity contribution in [2.24, 2.45) is 17.8 Å². The van der Waals surface area contributed by atoms with Gasteiger partial charge in [-0.1, -0.05) is 110 Å². The topological polar surface area (TPSA) is 0 Å². The van der Waals surface area contributed by atoms with Crippen LogP contribution in [0.5, 0.6) is 0 Å². The highest BCUT2D eigenvalue weighted by Gasteiger charge is 2.24. The van der Waals surface area contributed by atoms with E-state index in [0.29, 0.717) is 0 Å². The van der Waals surface area contributed by atoms with Crippen LogP contribution in [-0.4, -0.2) is 0 Å². The summed E-state index contributed by atoms with van der Waals surface area (Å²) in [5, 5.41) is 0. The summed E-state index contributed by atoms with van der Waals surface area (Å²) in [5.74, 6) is 3.31. The molecule has 0 N–H and O–H groups in total. The van der Waals surface area contributed by atoms with Gasteiger partial charge in [-0.15, -0.1) is 0 Å². The molecule has 0 aliphatic heterocycles. The van der Waals surface area contributed by atoms with Crippen molar-refractivity contribution in [3.63, 3.8) is 0 Å². The highest BCUT2D eigenvalue weighted by molar-refractivity contribution is 4.76. The molecule has 124 valence electrons. The average Bonchev–Trinajstić information content (AvgIpc) is 2.53. The highest BCUT2D eigenvalue weighted by Crippen LogP contribution is 2.38. The van der Waals surface area contributed by atoms with Crippen molar-refractivity contribution in [2.45, 2.75) is 116 Å². The summed E-state index contributed by atoms with van der Waals surface area (Å²) in [5.41, 5.74) is 0. The SMILES string of the molecule is CCCCCCCCC1CCC(CC2CCCCC2)CC1. The fourth-order valence-electron chi connectivity index (χ4n) is 4.86. The Bertz CT molecular complexity index is 230. The normalized spacial score (nSPS) is 27.9. The second kappa shape index (κ2) is 10.7. The molecule has 0 spiro atoms. The largest absolute Gasteiger partial charge is 0.0654 e. The fraction of sp³-hybridized carbons (Fsp3) is 1.00. The van der Waals surface area contributed by atoms with Crippen LogP contribution in [0.4, 0.5) is 0 Å². The third-order valence-corrected chi connectivity index (χ3v) is 6.32. The first-order valence-electron chi connectivity index (χ1n) is 10.4. The second-order valence-electron chi connectivity index (χ2n) is 8.18. The Labute approximate surface area is 134 Å². The molecule has 0 nitrogen and oxygen atoms in total. The van der Waals surface area contributed by atoms with E-state index in [4.69, 9.17) is 0 Å². The zero-order chi connectivity index (χ0) is 14.8. The van der Waals surface area contributed by atoms with Gasteiger partial charge in [0.1, 0.15) is 0 Å². The summed E-state index contributed by atoms with van der Waals surface area (Å²) in [6, 6.07) is 0. The molecule has 0 aromatic carbocycles. The molecule has 2 fully saturated rings. The first-order valence-corrected chi connectivity index (χ1v) is 10.4. The van der Waals surface area contributed by atoms with Gasteiger partial charge in [0.2, 0.25) is 0 Å². The fourth-order valence-corrected chi connectivity index (χ4v) is 4.86. The predicted molar refractivity (Wildman–Crippen MR) is 94.6 cm³/mol. The van der Waals surface area contributed by atoms with Crippen LogP contribution < -0.4 is 0 Å². The van der Waals surface area contributed by atoms with E-state index in [1.54, 1.807) is 51.4 Å². The monoisotopic (exact) mass is 292 g/mol. The minimum atomic E-state index is 1.10. The second-order valence-corrected chi connectivity index (χ2v) is 8.18. The quantitative estimate of drug-likeness (QED) is 0.386. The molecule has 0 radical (unpaired) electrons. The van der Waals surface area contributed by atoms with E-state index in [2.05, 4.69) is 6.92 Å². The number of unbranched alkanes of at least 4 members (excludes halogenated alkanes) is 5. The van der Waals surface area contributed by atoms with Gasteiger partial charge in [-0.25, -0.2) is 0 Å². The molecule has 0 amide bonds. The molecule has 2 saturated carbocycles. The first kappa shape index (κ1) is 17.4. The third kappa shape index (κ3) is 7.20. The van der Waals surface area contributed by atoms with E-state index < -0.39 is 0 Å². The van der Waals surface area contributed by atoms with Gasteiger partial charge in [-0.05, 0) is 24.2 Å². The molecule has 0 aromatic heterocycles. The lowest BCUT2D eigenvalue weighted by atomic mass is 9.74.